The molecule has 0 N–H and O–H groups in total. The average molecular weight is 377 g/mol. The number of aryl methyl sites for hydroxylation is 2. The van der Waals surface area contributed by atoms with Crippen LogP contribution in [0, 0.1) is 0 Å². The molecule has 1 aromatic heterocycles. The van der Waals surface area contributed by atoms with Gasteiger partial charge in [0.05, 0.1) is 0 Å². The van der Waals surface area contributed by atoms with Crippen LogP contribution in [0.2, 0.25) is 0 Å². The van der Waals surface area contributed by atoms with Gasteiger partial charge in [0.1, 0.15) is 0 Å². The zero-order valence-corrected chi connectivity index (χ0v) is 17.0. The molecule has 28 heavy (non-hydrogen) atoms. The fraction of sp³-hybridized carbons (Fsp3) is 0.417. The molecule has 4 rings (SSSR count). The molecule has 0 saturated heterocycles. The van der Waals surface area contributed by atoms with Crippen molar-refractivity contribution in [1.82, 2.24) is 9.47 Å². The fourth-order valence-corrected chi connectivity index (χ4v) is 4.61. The van der Waals surface area contributed by atoms with E-state index < -0.39 is 0 Å². The maximum Gasteiger partial charge on any atom is 0.163 e. The number of Topliss-reactive ketones (excluding diaryl/α,β-unsaturated/α-hetero) is 2. The molecule has 0 radical (unpaired) electrons. The molecule has 146 valence electrons. The van der Waals surface area contributed by atoms with Gasteiger partial charge < -0.3 is 9.47 Å². The summed E-state index contributed by atoms with van der Waals surface area (Å²) in [5.74, 6) is 0.315. The zero-order valence-electron chi connectivity index (χ0n) is 17.0. The Hall–Kier alpha value is -2.46. The van der Waals surface area contributed by atoms with Crippen molar-refractivity contribution in [2.24, 2.45) is 0 Å². The molecule has 1 aliphatic rings. The van der Waals surface area contributed by atoms with Crippen LogP contribution in [0.1, 0.15) is 59.9 Å². The second kappa shape index (κ2) is 7.51. The molecule has 3 aromatic rings. The minimum absolute atomic E-state index is 0.0768. The number of hydrogen-bond donors (Lipinski definition) is 0. The van der Waals surface area contributed by atoms with Gasteiger partial charge in [0.2, 0.25) is 0 Å². The van der Waals surface area contributed by atoms with E-state index in [1.165, 1.54) is 10.9 Å². The molecule has 0 saturated carbocycles. The lowest BCUT2D eigenvalue weighted by molar-refractivity contribution is 0.0991. The highest BCUT2D eigenvalue weighted by Crippen LogP contribution is 2.37. The number of benzene rings is 2. The second-order valence-electron chi connectivity index (χ2n) is 7.73. The summed E-state index contributed by atoms with van der Waals surface area (Å²) in [7, 11) is 0. The molecular formula is C24H28N2O2. The Balaban J connectivity index is 1.86. The van der Waals surface area contributed by atoms with Gasteiger partial charge >= 0.3 is 0 Å². The van der Waals surface area contributed by atoms with Gasteiger partial charge in [-0.1, -0.05) is 13.8 Å². The first-order valence-corrected chi connectivity index (χ1v) is 10.4. The SMILES string of the molecule is CCN(CC)CCCn1c2ccc(C(C)=O)cc2c2c3c(ccc21)C(=O)CC3. The van der Waals surface area contributed by atoms with Gasteiger partial charge in [-0.15, -0.1) is 0 Å². The summed E-state index contributed by atoms with van der Waals surface area (Å²) in [5, 5.41) is 2.28. The van der Waals surface area contributed by atoms with Crippen LogP contribution in [0.3, 0.4) is 0 Å². The van der Waals surface area contributed by atoms with Crippen LogP contribution >= 0.6 is 0 Å². The minimum Gasteiger partial charge on any atom is -0.340 e. The molecule has 2 aromatic carbocycles. The Morgan fingerprint density at radius 2 is 1.82 bits per heavy atom. The zero-order chi connectivity index (χ0) is 19.8. The number of carbonyl (C=O) groups excluding carboxylic acids is 2. The largest absolute Gasteiger partial charge is 0.340 e. The van der Waals surface area contributed by atoms with E-state index in [-0.39, 0.29) is 11.6 Å². The van der Waals surface area contributed by atoms with Gasteiger partial charge in [-0.25, -0.2) is 0 Å². The number of ketones is 2. The highest BCUT2D eigenvalue weighted by molar-refractivity contribution is 6.16. The lowest BCUT2D eigenvalue weighted by atomic mass is 10.0. The standard InChI is InChI=1S/C24H28N2O2/c1-4-25(5-2)13-6-14-26-21-10-7-17(16(3)27)15-20(21)24-19-9-12-23(28)18(19)8-11-22(24)26/h7-8,10-11,15H,4-6,9,12-14H2,1-3H3. The van der Waals surface area contributed by atoms with E-state index >= 15 is 0 Å². The van der Waals surface area contributed by atoms with Gasteiger partial charge in [-0.2, -0.15) is 0 Å². The van der Waals surface area contributed by atoms with Gasteiger partial charge in [0.25, 0.3) is 0 Å². The van der Waals surface area contributed by atoms with Crippen LogP contribution in [0.15, 0.2) is 30.3 Å². The van der Waals surface area contributed by atoms with Crippen molar-refractivity contribution in [3.8, 4) is 0 Å². The lowest BCUT2D eigenvalue weighted by Crippen LogP contribution is -2.24. The summed E-state index contributed by atoms with van der Waals surface area (Å²) in [6, 6.07) is 10.1. The van der Waals surface area contributed by atoms with Gasteiger partial charge in [-0.3, -0.25) is 9.59 Å². The lowest BCUT2D eigenvalue weighted by Gasteiger charge is -2.18. The van der Waals surface area contributed by atoms with Gasteiger partial charge in [-0.05, 0) is 75.3 Å². The molecule has 4 nitrogen and oxygen atoms in total. The molecule has 1 heterocycles. The maximum atomic E-state index is 12.3. The highest BCUT2D eigenvalue weighted by atomic mass is 16.1. The van der Waals surface area contributed by atoms with E-state index in [1.54, 1.807) is 6.92 Å². The van der Waals surface area contributed by atoms with Gasteiger partial charge in [0.15, 0.2) is 11.6 Å². The predicted molar refractivity (Wildman–Crippen MR) is 115 cm³/mol. The molecule has 0 spiro atoms. The molecule has 0 unspecified atom stereocenters. The number of carbonyl (C=O) groups is 2. The summed E-state index contributed by atoms with van der Waals surface area (Å²) < 4.78 is 2.38. The third-order valence-corrected chi connectivity index (χ3v) is 6.20. The Morgan fingerprint density at radius 1 is 1.07 bits per heavy atom. The van der Waals surface area contributed by atoms with E-state index in [2.05, 4.69) is 35.4 Å². The van der Waals surface area contributed by atoms with E-state index in [0.29, 0.717) is 6.42 Å². The molecule has 0 fully saturated rings. The number of rotatable bonds is 7. The quantitative estimate of drug-likeness (QED) is 0.553. The van der Waals surface area contributed by atoms with Crippen LogP contribution in [-0.2, 0) is 13.0 Å². The predicted octanol–water partition coefficient (Wildman–Crippen LogP) is 4.86. The number of nitrogens with zero attached hydrogens (tertiary/aromatic N) is 2. The third kappa shape index (κ3) is 3.06. The Bertz CT molecular complexity index is 1070. The molecule has 0 bridgehead atoms. The average Bonchev–Trinajstić information content (AvgIpc) is 3.23. The molecule has 4 heteroatoms. The summed E-state index contributed by atoms with van der Waals surface area (Å²) in [6.45, 7) is 10.2. The smallest absolute Gasteiger partial charge is 0.163 e. The van der Waals surface area contributed by atoms with Crippen LogP contribution in [0.5, 0.6) is 0 Å². The number of fused-ring (bicyclic) bond motifs is 5. The van der Waals surface area contributed by atoms with Crippen LogP contribution in [0.4, 0.5) is 0 Å². The van der Waals surface area contributed by atoms with Crippen molar-refractivity contribution in [2.45, 2.75) is 46.6 Å². The van der Waals surface area contributed by atoms with Crippen LogP contribution in [-0.4, -0.2) is 40.7 Å². The number of aromatic nitrogens is 1. The Labute approximate surface area is 166 Å². The molecular weight excluding hydrogens is 348 g/mol. The van der Waals surface area contributed by atoms with E-state index in [0.717, 1.165) is 66.6 Å². The monoisotopic (exact) mass is 376 g/mol. The van der Waals surface area contributed by atoms with Crippen molar-refractivity contribution in [3.05, 3.63) is 47.0 Å². The molecule has 0 atom stereocenters. The highest BCUT2D eigenvalue weighted by Gasteiger charge is 2.25. The Kier molecular flexibility index (Phi) is 5.07. The first kappa shape index (κ1) is 18.9. The molecule has 0 amide bonds. The third-order valence-electron chi connectivity index (χ3n) is 6.20. The van der Waals surface area contributed by atoms with E-state index in [4.69, 9.17) is 0 Å². The first-order chi connectivity index (χ1) is 13.5. The normalized spacial score (nSPS) is 13.8. The summed E-state index contributed by atoms with van der Waals surface area (Å²) in [5.41, 5.74) is 5.10. The Morgan fingerprint density at radius 3 is 2.54 bits per heavy atom. The van der Waals surface area contributed by atoms with Crippen LogP contribution in [0.25, 0.3) is 21.8 Å². The topological polar surface area (TPSA) is 42.3 Å². The van der Waals surface area contributed by atoms with E-state index in [1.807, 2.05) is 18.2 Å². The first-order valence-electron chi connectivity index (χ1n) is 10.4. The second-order valence-corrected chi connectivity index (χ2v) is 7.73. The van der Waals surface area contributed by atoms with E-state index in [9.17, 15) is 9.59 Å². The molecule has 1 aliphatic carbocycles. The molecule has 0 aliphatic heterocycles. The van der Waals surface area contributed by atoms with Crippen molar-refractivity contribution in [2.75, 3.05) is 19.6 Å². The van der Waals surface area contributed by atoms with Crippen molar-refractivity contribution < 1.29 is 9.59 Å². The van der Waals surface area contributed by atoms with Crippen LogP contribution < -0.4 is 0 Å². The minimum atomic E-state index is 0.0768. The summed E-state index contributed by atoms with van der Waals surface area (Å²) >= 11 is 0. The van der Waals surface area contributed by atoms with Crippen molar-refractivity contribution in [1.29, 1.82) is 0 Å². The summed E-state index contributed by atoms with van der Waals surface area (Å²) in [4.78, 5) is 26.7. The maximum absolute atomic E-state index is 12.3. The van der Waals surface area contributed by atoms with Crippen molar-refractivity contribution >= 4 is 33.4 Å². The number of hydrogen-bond acceptors (Lipinski definition) is 3. The summed E-state index contributed by atoms with van der Waals surface area (Å²) in [6.07, 6.45) is 2.47. The fourth-order valence-electron chi connectivity index (χ4n) is 4.61. The van der Waals surface area contributed by atoms with Gasteiger partial charge in [0, 0.05) is 45.9 Å². The van der Waals surface area contributed by atoms with Crippen molar-refractivity contribution in [3.63, 3.8) is 0 Å².